The molecule has 1 aliphatic carbocycles. The summed E-state index contributed by atoms with van der Waals surface area (Å²) in [6.07, 6.45) is 0. The summed E-state index contributed by atoms with van der Waals surface area (Å²) in [7, 11) is 9.86. The highest BCUT2D eigenvalue weighted by Crippen LogP contribution is 2.43. The summed E-state index contributed by atoms with van der Waals surface area (Å²) >= 11 is 0. The van der Waals surface area contributed by atoms with Crippen LogP contribution >= 0.6 is 0 Å². The largest absolute Gasteiger partial charge is 0.495 e. The molecule has 4 rings (SSSR count). The second-order valence-electron chi connectivity index (χ2n) is 10.1. The Morgan fingerprint density at radius 2 is 1.58 bits per heavy atom. The third-order valence-electron chi connectivity index (χ3n) is 7.01. The molecule has 2 aromatic carbocycles. The fraction of sp³-hybridized carbons (Fsp3) is 0.312. The van der Waals surface area contributed by atoms with Gasteiger partial charge in [0.1, 0.15) is 44.3 Å². The van der Waals surface area contributed by atoms with Gasteiger partial charge in [0.2, 0.25) is 5.36 Å². The number of rotatable bonds is 10. The highest BCUT2D eigenvalue weighted by Gasteiger charge is 2.23. The molecule has 0 fully saturated rings. The number of carbonyl (C=O) groups excluding carboxylic acids is 3. The third kappa shape index (κ3) is 6.88. The molecule has 1 heterocycles. The molecule has 43 heavy (non-hydrogen) atoms. The van der Waals surface area contributed by atoms with Gasteiger partial charge in [-0.05, 0) is 35.9 Å². The van der Waals surface area contributed by atoms with E-state index in [1.807, 2.05) is 79.1 Å². The summed E-state index contributed by atoms with van der Waals surface area (Å²) in [6, 6.07) is 17.4. The van der Waals surface area contributed by atoms with E-state index in [1.165, 1.54) is 28.3 Å². The molecule has 2 aliphatic rings. The Bertz CT molecular complexity index is 1690. The van der Waals surface area contributed by atoms with Gasteiger partial charge in [0.25, 0.3) is 0 Å². The van der Waals surface area contributed by atoms with Gasteiger partial charge >= 0.3 is 17.9 Å². The fourth-order valence-electron chi connectivity index (χ4n) is 4.72. The van der Waals surface area contributed by atoms with Crippen LogP contribution < -0.4 is 24.5 Å². The van der Waals surface area contributed by atoms with Crippen LogP contribution in [0.3, 0.4) is 0 Å². The Kier molecular flexibility index (Phi) is 9.54. The van der Waals surface area contributed by atoms with Gasteiger partial charge in [-0.3, -0.25) is 14.4 Å². The van der Waals surface area contributed by atoms with E-state index in [0.29, 0.717) is 22.8 Å². The van der Waals surface area contributed by atoms with Crippen molar-refractivity contribution in [2.75, 3.05) is 72.1 Å². The Morgan fingerprint density at radius 3 is 2.19 bits per heavy atom. The molecular formula is C32H36N3O8+. The van der Waals surface area contributed by atoms with Crippen molar-refractivity contribution >= 4 is 40.3 Å². The topological polar surface area (TPSA) is 111 Å². The number of nitrogens with zero attached hydrogens (tertiary/aromatic N) is 3. The van der Waals surface area contributed by atoms with Gasteiger partial charge in [-0.1, -0.05) is 6.07 Å². The standard InChI is InChI=1S/C32H36N3O8/c1-20(36)42-19-34(4)23-10-12-25-28(16-23)43-27-15-22(33(2)3)9-11-24(27)32(25)21-8-13-26(29(14-21)39-5)35(17-30(37)40-6)18-31(38)41-7/h8-16H,17-19H2,1-7H3/q+1. The van der Waals surface area contributed by atoms with Crippen LogP contribution in [0.15, 0.2) is 59.0 Å². The average molecular weight is 591 g/mol. The van der Waals surface area contributed by atoms with Gasteiger partial charge < -0.3 is 33.2 Å². The molecule has 11 heteroatoms. The van der Waals surface area contributed by atoms with E-state index in [1.54, 1.807) is 11.0 Å². The lowest BCUT2D eigenvalue weighted by atomic mass is 9.93. The summed E-state index contributed by atoms with van der Waals surface area (Å²) in [4.78, 5) is 39.1. The summed E-state index contributed by atoms with van der Waals surface area (Å²) in [6.45, 7) is 1.12. The molecule has 2 aromatic rings. The molecular weight excluding hydrogens is 554 g/mol. The van der Waals surface area contributed by atoms with Crippen molar-refractivity contribution in [1.29, 1.82) is 0 Å². The summed E-state index contributed by atoms with van der Waals surface area (Å²) < 4.78 is 29.1. The Labute approximate surface area is 249 Å². The van der Waals surface area contributed by atoms with Crippen molar-refractivity contribution in [2.24, 2.45) is 0 Å². The van der Waals surface area contributed by atoms with Gasteiger partial charge in [-0.2, -0.15) is 0 Å². The minimum absolute atomic E-state index is 0.0956. The van der Waals surface area contributed by atoms with Gasteiger partial charge in [0.05, 0.1) is 33.1 Å². The number of ether oxygens (including phenoxy) is 4. The molecule has 0 saturated carbocycles. The summed E-state index contributed by atoms with van der Waals surface area (Å²) in [5.74, 6) is -0.258. The van der Waals surface area contributed by atoms with Gasteiger partial charge in [0, 0.05) is 48.3 Å². The van der Waals surface area contributed by atoms with Crippen molar-refractivity contribution in [3.05, 3.63) is 60.0 Å². The second kappa shape index (κ2) is 13.3. The lowest BCUT2D eigenvalue weighted by molar-refractivity contribution is -0.141. The van der Waals surface area contributed by atoms with Crippen molar-refractivity contribution in [1.82, 2.24) is 4.58 Å². The predicted molar refractivity (Wildman–Crippen MR) is 163 cm³/mol. The Hall–Kier alpha value is -5.06. The lowest BCUT2D eigenvalue weighted by Crippen LogP contribution is -2.35. The van der Waals surface area contributed by atoms with Crippen LogP contribution in [0.5, 0.6) is 5.75 Å². The maximum absolute atomic E-state index is 12.2. The maximum atomic E-state index is 12.2. The third-order valence-corrected chi connectivity index (χ3v) is 7.01. The number of benzene rings is 3. The van der Waals surface area contributed by atoms with Crippen LogP contribution in [0.25, 0.3) is 33.4 Å². The number of hydrogen-bond acceptors (Lipinski definition) is 10. The number of fused-ring (bicyclic) bond motifs is 2. The molecule has 226 valence electrons. The van der Waals surface area contributed by atoms with E-state index in [2.05, 4.69) is 0 Å². The zero-order valence-electron chi connectivity index (χ0n) is 25.4. The maximum Gasteiger partial charge on any atom is 0.325 e. The van der Waals surface area contributed by atoms with Crippen LogP contribution in [-0.2, 0) is 28.6 Å². The van der Waals surface area contributed by atoms with E-state index in [-0.39, 0.29) is 25.8 Å². The fourth-order valence-corrected chi connectivity index (χ4v) is 4.72. The van der Waals surface area contributed by atoms with Crippen molar-refractivity contribution in [3.8, 4) is 28.2 Å². The van der Waals surface area contributed by atoms with E-state index in [9.17, 15) is 14.4 Å². The number of esters is 3. The highest BCUT2D eigenvalue weighted by atomic mass is 16.5. The number of hydrogen-bond donors (Lipinski definition) is 0. The SMILES string of the molecule is COC(=O)CN(CC(=O)OC)c1ccc(-c2c3ccc(=[N+](C)C)cc-3oc3cc(N(C)COC(C)=O)ccc23)cc1OC. The Morgan fingerprint density at radius 1 is 0.884 bits per heavy atom. The van der Waals surface area contributed by atoms with Crippen LogP contribution in [0.2, 0.25) is 0 Å². The van der Waals surface area contributed by atoms with E-state index >= 15 is 0 Å². The molecule has 0 radical (unpaired) electrons. The second-order valence-corrected chi connectivity index (χ2v) is 10.1. The molecule has 11 nitrogen and oxygen atoms in total. The molecule has 0 bridgehead atoms. The monoisotopic (exact) mass is 590 g/mol. The molecule has 0 amide bonds. The van der Waals surface area contributed by atoms with Crippen molar-refractivity contribution in [2.45, 2.75) is 6.92 Å². The molecule has 0 aromatic heterocycles. The number of carbonyl (C=O) groups is 3. The zero-order valence-corrected chi connectivity index (χ0v) is 25.4. The molecule has 1 aliphatic heterocycles. The van der Waals surface area contributed by atoms with Crippen molar-refractivity contribution in [3.63, 3.8) is 0 Å². The first kappa shape index (κ1) is 30.9. The molecule has 0 atom stereocenters. The lowest BCUT2D eigenvalue weighted by Gasteiger charge is -2.25. The van der Waals surface area contributed by atoms with Crippen molar-refractivity contribution < 1.29 is 37.7 Å². The van der Waals surface area contributed by atoms with Crippen LogP contribution in [0, 0.1) is 0 Å². The normalized spacial score (nSPS) is 10.8. The molecule has 0 spiro atoms. The van der Waals surface area contributed by atoms with Gasteiger partial charge in [-0.25, -0.2) is 4.58 Å². The summed E-state index contributed by atoms with van der Waals surface area (Å²) in [5.41, 5.74) is 4.59. The molecule has 0 N–H and O–H groups in total. The van der Waals surface area contributed by atoms with E-state index < -0.39 is 11.9 Å². The van der Waals surface area contributed by atoms with Gasteiger partial charge in [0.15, 0.2) is 6.73 Å². The van der Waals surface area contributed by atoms with E-state index in [4.69, 9.17) is 23.4 Å². The van der Waals surface area contributed by atoms with Crippen LogP contribution in [-0.4, -0.2) is 80.2 Å². The summed E-state index contributed by atoms with van der Waals surface area (Å²) in [5, 5.41) is 1.82. The van der Waals surface area contributed by atoms with Crippen LogP contribution in [0.1, 0.15) is 6.92 Å². The number of anilines is 2. The first-order valence-corrected chi connectivity index (χ1v) is 13.5. The minimum Gasteiger partial charge on any atom is -0.495 e. The molecule has 0 unspecified atom stereocenters. The zero-order chi connectivity index (χ0) is 31.3. The highest BCUT2D eigenvalue weighted by molar-refractivity contribution is 6.03. The van der Waals surface area contributed by atoms with E-state index in [0.717, 1.165) is 33.1 Å². The quantitative estimate of drug-likeness (QED) is 0.0897. The Balaban J connectivity index is 1.92. The van der Waals surface area contributed by atoms with Crippen LogP contribution in [0.4, 0.5) is 11.4 Å². The first-order valence-electron chi connectivity index (χ1n) is 13.5. The number of methoxy groups -OCH3 is 3. The first-order chi connectivity index (χ1) is 20.6. The smallest absolute Gasteiger partial charge is 0.325 e. The van der Waals surface area contributed by atoms with Gasteiger partial charge in [-0.15, -0.1) is 0 Å². The molecule has 0 saturated heterocycles. The average Bonchev–Trinajstić information content (AvgIpc) is 3.00. The minimum atomic E-state index is -0.511. The predicted octanol–water partition coefficient (Wildman–Crippen LogP) is 3.35.